The molecule has 4 aromatic carbocycles. The number of carbonyl (C=O) groups is 1. The van der Waals surface area contributed by atoms with Crippen LogP contribution >= 0.6 is 0 Å². The number of benzene rings is 4. The molecule has 1 aliphatic heterocycles. The molecule has 0 radical (unpaired) electrons. The predicted molar refractivity (Wildman–Crippen MR) is 137 cm³/mol. The zero-order valence-corrected chi connectivity index (χ0v) is 19.5. The van der Waals surface area contributed by atoms with E-state index in [1.54, 1.807) is 0 Å². The maximum atomic E-state index is 12.0. The van der Waals surface area contributed by atoms with Gasteiger partial charge >= 0.3 is 5.97 Å². The van der Waals surface area contributed by atoms with E-state index < -0.39 is 8.24 Å². The first kappa shape index (κ1) is 21.2. The van der Waals surface area contributed by atoms with Crippen molar-refractivity contribution >= 4 is 35.5 Å². The summed E-state index contributed by atoms with van der Waals surface area (Å²) in [5, 5.41) is 3.93. The molecule has 0 N–H and O–H groups in total. The van der Waals surface area contributed by atoms with Gasteiger partial charge in [-0.3, -0.25) is 4.79 Å². The Morgan fingerprint density at radius 3 is 1.45 bits per heavy atom. The summed E-state index contributed by atoms with van der Waals surface area (Å²) in [6, 6.07) is 43.3. The number of carbonyl (C=O) groups excluding carboxylic acids is 1. The predicted octanol–water partition coefficient (Wildman–Crippen LogP) is 3.87. The topological polar surface area (TPSA) is 29.5 Å². The molecule has 0 spiro atoms. The van der Waals surface area contributed by atoms with Gasteiger partial charge in [0, 0.05) is 12.1 Å². The minimum Gasteiger partial charge on any atom is -0.464 e. The quantitative estimate of drug-likeness (QED) is 0.254. The number of rotatable bonds is 6. The minimum absolute atomic E-state index is 0.0809. The van der Waals surface area contributed by atoms with Crippen LogP contribution in [0.15, 0.2) is 121 Å². The number of hydrogen-bond donors (Lipinski definition) is 0. The highest BCUT2D eigenvalue weighted by Crippen LogP contribution is 2.29. The van der Waals surface area contributed by atoms with Crippen LogP contribution in [0.3, 0.4) is 0 Å². The first-order valence-corrected chi connectivity index (χ1v) is 13.4. The fourth-order valence-corrected chi connectivity index (χ4v) is 10.2. The van der Waals surface area contributed by atoms with Crippen molar-refractivity contribution in [2.24, 2.45) is 0 Å². The number of anilines is 1. The normalized spacial score (nSPS) is 16.1. The highest BCUT2D eigenvalue weighted by molar-refractivity contribution is 7.13. The van der Waals surface area contributed by atoms with Crippen LogP contribution < -0.4 is 20.1 Å². The smallest absolute Gasteiger partial charge is 0.305 e. The zero-order chi connectivity index (χ0) is 22.5. The Hall–Kier alpha value is -3.63. The van der Waals surface area contributed by atoms with Gasteiger partial charge in [0.2, 0.25) is 0 Å². The van der Waals surface area contributed by atoms with Gasteiger partial charge in [0.25, 0.3) is 8.24 Å². The lowest BCUT2D eigenvalue weighted by Crippen LogP contribution is -2.80. The molecule has 164 valence electrons. The molecule has 0 amide bonds. The summed E-state index contributed by atoms with van der Waals surface area (Å²) in [4.78, 5) is 12.0. The third-order valence-corrected chi connectivity index (χ3v) is 11.3. The number of nitrogens with zero attached hydrogens (tertiary/aromatic N) is 1. The van der Waals surface area contributed by atoms with Crippen molar-refractivity contribution in [3.05, 3.63) is 121 Å². The van der Waals surface area contributed by atoms with Crippen molar-refractivity contribution in [3.8, 4) is 0 Å². The third-order valence-electron chi connectivity index (χ3n) is 6.45. The summed E-state index contributed by atoms with van der Waals surface area (Å²) < 4.78 is 8.25. The molecule has 1 aliphatic rings. The maximum absolute atomic E-state index is 12.0. The molecule has 1 saturated heterocycles. The Balaban J connectivity index is 1.85. The second-order valence-corrected chi connectivity index (χ2v) is 12.0. The summed E-state index contributed by atoms with van der Waals surface area (Å²) in [6.45, 7) is 0.398. The second kappa shape index (κ2) is 9.47. The molecule has 0 aliphatic carbocycles. The van der Waals surface area contributed by atoms with Gasteiger partial charge in [-0.2, -0.15) is 0 Å². The molecule has 5 rings (SSSR count). The highest BCUT2D eigenvalue weighted by Gasteiger charge is 2.49. The average molecular weight is 450 g/mol. The monoisotopic (exact) mass is 449 g/mol. The van der Waals surface area contributed by atoms with Crippen molar-refractivity contribution in [2.75, 3.05) is 11.2 Å². The van der Waals surface area contributed by atoms with E-state index >= 15 is 0 Å². The SMILES string of the molecule is O=C1CCC(N(c2ccccc2)[Si](c2ccccc2)(c2ccccc2)c2ccccc2)CO1. The van der Waals surface area contributed by atoms with E-state index in [4.69, 9.17) is 4.74 Å². The Bertz CT molecular complexity index is 1080. The summed E-state index contributed by atoms with van der Waals surface area (Å²) >= 11 is 0. The molecule has 0 bridgehead atoms. The van der Waals surface area contributed by atoms with Crippen LogP contribution in [0.1, 0.15) is 12.8 Å². The van der Waals surface area contributed by atoms with Gasteiger partial charge in [-0.15, -0.1) is 0 Å². The molecule has 0 aromatic heterocycles. The van der Waals surface area contributed by atoms with Crippen LogP contribution in [0.2, 0.25) is 0 Å². The number of hydrogen-bond acceptors (Lipinski definition) is 3. The van der Waals surface area contributed by atoms with E-state index in [2.05, 4.69) is 126 Å². The van der Waals surface area contributed by atoms with Gasteiger partial charge in [-0.1, -0.05) is 109 Å². The van der Waals surface area contributed by atoms with Crippen molar-refractivity contribution in [2.45, 2.75) is 18.9 Å². The fraction of sp³-hybridized carbons (Fsp3) is 0.138. The molecule has 3 nitrogen and oxygen atoms in total. The Kier molecular flexibility index (Phi) is 6.09. The molecule has 33 heavy (non-hydrogen) atoms. The molecular weight excluding hydrogens is 422 g/mol. The van der Waals surface area contributed by atoms with Crippen molar-refractivity contribution in [1.82, 2.24) is 0 Å². The van der Waals surface area contributed by atoms with Gasteiger partial charge in [-0.25, -0.2) is 0 Å². The van der Waals surface area contributed by atoms with Crippen LogP contribution in [0.25, 0.3) is 0 Å². The van der Waals surface area contributed by atoms with E-state index in [0.717, 1.165) is 12.1 Å². The Morgan fingerprint density at radius 1 is 0.636 bits per heavy atom. The standard InChI is InChI=1S/C29H27NO2Si/c31-29-22-21-25(23-32-29)30(24-13-5-1-6-14-24)33(26-15-7-2-8-16-26,27-17-9-3-10-18-27)28-19-11-4-12-20-28/h1-20,25H,21-23H2. The van der Waals surface area contributed by atoms with Gasteiger partial charge < -0.3 is 9.30 Å². The first-order chi connectivity index (χ1) is 16.3. The van der Waals surface area contributed by atoms with E-state index in [1.165, 1.54) is 15.6 Å². The van der Waals surface area contributed by atoms with Gasteiger partial charge in [0.05, 0.1) is 6.04 Å². The fourth-order valence-electron chi connectivity index (χ4n) is 5.05. The Labute approximate surface area is 196 Å². The van der Waals surface area contributed by atoms with Gasteiger partial charge in [0.15, 0.2) is 0 Å². The van der Waals surface area contributed by atoms with Gasteiger partial charge in [0.1, 0.15) is 6.61 Å². The van der Waals surface area contributed by atoms with Crippen LogP contribution in [-0.2, 0) is 9.53 Å². The average Bonchev–Trinajstić information content (AvgIpc) is 2.90. The maximum Gasteiger partial charge on any atom is 0.305 e. The number of ether oxygens (including phenoxy) is 1. The summed E-state index contributed by atoms with van der Waals surface area (Å²) in [5.74, 6) is -0.106. The first-order valence-electron chi connectivity index (χ1n) is 11.5. The summed E-state index contributed by atoms with van der Waals surface area (Å²) in [6.07, 6.45) is 1.21. The molecule has 1 fully saturated rings. The molecule has 1 atom stereocenters. The molecule has 0 saturated carbocycles. The van der Waals surface area contributed by atoms with Crippen LogP contribution in [0.5, 0.6) is 0 Å². The van der Waals surface area contributed by atoms with E-state index in [9.17, 15) is 4.79 Å². The molecule has 1 unspecified atom stereocenters. The zero-order valence-electron chi connectivity index (χ0n) is 18.5. The summed E-state index contributed by atoms with van der Waals surface area (Å²) in [7, 11) is -2.76. The second-order valence-electron chi connectivity index (χ2n) is 8.39. The molecule has 1 heterocycles. The molecular formula is C29H27NO2Si. The number of cyclic esters (lactones) is 1. The van der Waals surface area contributed by atoms with Crippen LogP contribution in [0.4, 0.5) is 5.69 Å². The lowest BCUT2D eigenvalue weighted by Gasteiger charge is -2.49. The van der Waals surface area contributed by atoms with Crippen molar-refractivity contribution in [3.63, 3.8) is 0 Å². The number of esters is 1. The third kappa shape index (κ3) is 3.98. The minimum atomic E-state index is -2.76. The van der Waals surface area contributed by atoms with Crippen molar-refractivity contribution < 1.29 is 9.53 Å². The van der Waals surface area contributed by atoms with E-state index in [0.29, 0.717) is 13.0 Å². The molecule has 4 aromatic rings. The highest BCUT2D eigenvalue weighted by atomic mass is 28.3. The van der Waals surface area contributed by atoms with Gasteiger partial charge in [-0.05, 0) is 34.1 Å². The van der Waals surface area contributed by atoms with Crippen LogP contribution in [0, 0.1) is 0 Å². The van der Waals surface area contributed by atoms with Crippen LogP contribution in [-0.4, -0.2) is 26.9 Å². The summed E-state index contributed by atoms with van der Waals surface area (Å²) in [5.41, 5.74) is 1.16. The lowest BCUT2D eigenvalue weighted by molar-refractivity contribution is -0.147. The lowest BCUT2D eigenvalue weighted by atomic mass is 10.1. The van der Waals surface area contributed by atoms with E-state index in [-0.39, 0.29) is 12.0 Å². The van der Waals surface area contributed by atoms with E-state index in [1.807, 2.05) is 0 Å². The Morgan fingerprint density at radius 2 is 1.06 bits per heavy atom. The molecule has 4 heteroatoms. The number of para-hydroxylation sites is 1. The van der Waals surface area contributed by atoms with Crippen molar-refractivity contribution in [1.29, 1.82) is 0 Å². The largest absolute Gasteiger partial charge is 0.464 e.